The minimum absolute atomic E-state index is 0.250. The normalized spacial score (nSPS) is 10.4. The van der Waals surface area contributed by atoms with Crippen LogP contribution in [-0.2, 0) is 17.6 Å². The fraction of sp³-hybridized carbons (Fsp3) is 0.0952. The molecule has 0 fully saturated rings. The summed E-state index contributed by atoms with van der Waals surface area (Å²) < 4.78 is 0. The van der Waals surface area contributed by atoms with E-state index >= 15 is 0 Å². The van der Waals surface area contributed by atoms with E-state index in [1.807, 2.05) is 60.7 Å². The lowest BCUT2D eigenvalue weighted by Crippen LogP contribution is -2.06. The Hall–Kier alpha value is -2.32. The number of carbonyl (C=O) groups excluding carboxylic acids is 1. The van der Waals surface area contributed by atoms with Crippen molar-refractivity contribution in [1.29, 1.82) is 0 Å². The van der Waals surface area contributed by atoms with Crippen LogP contribution in [0.1, 0.15) is 11.1 Å². The van der Waals surface area contributed by atoms with Crippen molar-refractivity contribution in [3.05, 3.63) is 96.1 Å². The molecule has 0 aromatic heterocycles. The highest BCUT2D eigenvalue weighted by molar-refractivity contribution is 7.99. The highest BCUT2D eigenvalue weighted by Gasteiger charge is 2.05. The van der Waals surface area contributed by atoms with E-state index in [2.05, 4.69) is 24.3 Å². The number of hydrogen-bond acceptors (Lipinski definition) is 2. The van der Waals surface area contributed by atoms with Crippen molar-refractivity contribution in [2.45, 2.75) is 22.6 Å². The van der Waals surface area contributed by atoms with Crippen molar-refractivity contribution in [3.8, 4) is 0 Å². The predicted octanol–water partition coefficient (Wildman–Crippen LogP) is 5.19. The molecule has 3 aromatic rings. The molecule has 114 valence electrons. The van der Waals surface area contributed by atoms with Gasteiger partial charge in [-0.05, 0) is 35.4 Å². The molecule has 1 nitrogen and oxygen atoms in total. The van der Waals surface area contributed by atoms with Crippen LogP contribution in [0.4, 0.5) is 0 Å². The summed E-state index contributed by atoms with van der Waals surface area (Å²) in [6.07, 6.45) is 0.993. The zero-order chi connectivity index (χ0) is 15.9. The molecule has 3 aromatic carbocycles. The van der Waals surface area contributed by atoms with Gasteiger partial charge in [-0.3, -0.25) is 4.79 Å². The summed E-state index contributed by atoms with van der Waals surface area (Å²) in [5, 5.41) is 0. The molecule has 0 amide bonds. The molecule has 0 heterocycles. The Morgan fingerprint density at radius 1 is 0.609 bits per heavy atom. The Kier molecular flexibility index (Phi) is 5.28. The van der Waals surface area contributed by atoms with Crippen LogP contribution in [-0.4, -0.2) is 5.78 Å². The number of rotatable bonds is 6. The summed E-state index contributed by atoms with van der Waals surface area (Å²) in [6, 6.07) is 28.5. The first-order valence-electron chi connectivity index (χ1n) is 7.67. The SMILES string of the molecule is O=C(Cc1ccccc1)Cc1ccc(Sc2ccccc2)cc1. The Morgan fingerprint density at radius 3 is 1.70 bits per heavy atom. The average Bonchev–Trinajstić information content (AvgIpc) is 2.58. The molecule has 3 rings (SSSR count). The summed E-state index contributed by atoms with van der Waals surface area (Å²) in [4.78, 5) is 14.6. The van der Waals surface area contributed by atoms with Crippen LogP contribution >= 0.6 is 11.8 Å². The van der Waals surface area contributed by atoms with Gasteiger partial charge in [0.15, 0.2) is 0 Å². The maximum Gasteiger partial charge on any atom is 0.141 e. The first-order chi connectivity index (χ1) is 11.3. The Bertz CT molecular complexity index is 749. The van der Waals surface area contributed by atoms with E-state index in [0.717, 1.165) is 11.1 Å². The summed E-state index contributed by atoms with van der Waals surface area (Å²) >= 11 is 1.73. The molecule has 0 bridgehead atoms. The quantitative estimate of drug-likeness (QED) is 0.622. The summed E-state index contributed by atoms with van der Waals surface area (Å²) in [7, 11) is 0. The first-order valence-corrected chi connectivity index (χ1v) is 8.49. The molecule has 23 heavy (non-hydrogen) atoms. The van der Waals surface area contributed by atoms with Gasteiger partial charge in [-0.15, -0.1) is 0 Å². The van der Waals surface area contributed by atoms with Gasteiger partial charge < -0.3 is 0 Å². The number of ketones is 1. The van der Waals surface area contributed by atoms with E-state index < -0.39 is 0 Å². The third kappa shape index (κ3) is 4.83. The van der Waals surface area contributed by atoms with E-state index in [9.17, 15) is 4.79 Å². The lowest BCUT2D eigenvalue weighted by Gasteiger charge is -2.05. The van der Waals surface area contributed by atoms with Gasteiger partial charge in [0.1, 0.15) is 5.78 Å². The van der Waals surface area contributed by atoms with E-state index in [-0.39, 0.29) is 5.78 Å². The van der Waals surface area contributed by atoms with Crippen LogP contribution in [0.2, 0.25) is 0 Å². The largest absolute Gasteiger partial charge is 0.299 e. The topological polar surface area (TPSA) is 17.1 Å². The van der Waals surface area contributed by atoms with Gasteiger partial charge in [0.25, 0.3) is 0 Å². The van der Waals surface area contributed by atoms with Crippen molar-refractivity contribution in [2.24, 2.45) is 0 Å². The van der Waals surface area contributed by atoms with Gasteiger partial charge in [-0.2, -0.15) is 0 Å². The standard InChI is InChI=1S/C21H18OS/c22-19(15-17-7-3-1-4-8-17)16-18-11-13-21(14-12-18)23-20-9-5-2-6-10-20/h1-14H,15-16H2. The van der Waals surface area contributed by atoms with E-state index in [4.69, 9.17) is 0 Å². The minimum Gasteiger partial charge on any atom is -0.299 e. The molecule has 0 N–H and O–H groups in total. The molecule has 0 unspecified atom stereocenters. The zero-order valence-corrected chi connectivity index (χ0v) is 13.6. The van der Waals surface area contributed by atoms with Gasteiger partial charge in [-0.1, -0.05) is 72.4 Å². The lowest BCUT2D eigenvalue weighted by molar-refractivity contribution is -0.117. The van der Waals surface area contributed by atoms with Crippen LogP contribution in [0, 0.1) is 0 Å². The fourth-order valence-corrected chi connectivity index (χ4v) is 3.25. The van der Waals surface area contributed by atoms with Gasteiger partial charge in [0.05, 0.1) is 0 Å². The van der Waals surface area contributed by atoms with E-state index in [1.165, 1.54) is 9.79 Å². The Morgan fingerprint density at radius 2 is 1.09 bits per heavy atom. The third-order valence-corrected chi connectivity index (χ3v) is 4.56. The van der Waals surface area contributed by atoms with Crippen LogP contribution in [0.25, 0.3) is 0 Å². The number of benzene rings is 3. The molecule has 0 aliphatic heterocycles. The molecule has 0 aliphatic carbocycles. The third-order valence-electron chi connectivity index (χ3n) is 3.55. The lowest BCUT2D eigenvalue weighted by atomic mass is 10.0. The van der Waals surface area contributed by atoms with Crippen molar-refractivity contribution >= 4 is 17.5 Å². The van der Waals surface area contributed by atoms with Crippen LogP contribution < -0.4 is 0 Å². The van der Waals surface area contributed by atoms with Crippen LogP contribution in [0.15, 0.2) is 94.7 Å². The molecule has 0 saturated carbocycles. The molecule has 2 heteroatoms. The summed E-state index contributed by atoms with van der Waals surface area (Å²) in [5.41, 5.74) is 2.15. The van der Waals surface area contributed by atoms with Crippen molar-refractivity contribution in [2.75, 3.05) is 0 Å². The number of Topliss-reactive ketones (excluding diaryl/α,β-unsaturated/α-hetero) is 1. The first kappa shape index (κ1) is 15.6. The molecule has 0 saturated heterocycles. The second-order valence-electron chi connectivity index (χ2n) is 5.44. The summed E-state index contributed by atoms with van der Waals surface area (Å²) in [6.45, 7) is 0. The predicted molar refractivity (Wildman–Crippen MR) is 95.9 cm³/mol. The van der Waals surface area contributed by atoms with Gasteiger partial charge in [-0.25, -0.2) is 0 Å². The maximum absolute atomic E-state index is 12.2. The van der Waals surface area contributed by atoms with Gasteiger partial charge in [0.2, 0.25) is 0 Å². The van der Waals surface area contributed by atoms with E-state index in [0.29, 0.717) is 12.8 Å². The molecule has 0 aliphatic rings. The molecule has 0 spiro atoms. The fourth-order valence-electron chi connectivity index (χ4n) is 2.41. The highest BCUT2D eigenvalue weighted by atomic mass is 32.2. The van der Waals surface area contributed by atoms with Gasteiger partial charge >= 0.3 is 0 Å². The average molecular weight is 318 g/mol. The van der Waals surface area contributed by atoms with Crippen LogP contribution in [0.5, 0.6) is 0 Å². The van der Waals surface area contributed by atoms with Gasteiger partial charge in [0, 0.05) is 22.6 Å². The van der Waals surface area contributed by atoms with E-state index in [1.54, 1.807) is 11.8 Å². The highest BCUT2D eigenvalue weighted by Crippen LogP contribution is 2.27. The monoisotopic (exact) mass is 318 g/mol. The Balaban J connectivity index is 1.58. The van der Waals surface area contributed by atoms with Crippen molar-refractivity contribution in [3.63, 3.8) is 0 Å². The molecular weight excluding hydrogens is 300 g/mol. The number of carbonyl (C=O) groups is 1. The Labute approximate surface area is 141 Å². The van der Waals surface area contributed by atoms with Crippen molar-refractivity contribution in [1.82, 2.24) is 0 Å². The second kappa shape index (κ2) is 7.80. The maximum atomic E-state index is 12.2. The molecule has 0 atom stereocenters. The van der Waals surface area contributed by atoms with Crippen LogP contribution in [0.3, 0.4) is 0 Å². The second-order valence-corrected chi connectivity index (χ2v) is 6.58. The zero-order valence-electron chi connectivity index (χ0n) is 12.8. The van der Waals surface area contributed by atoms with Crippen molar-refractivity contribution < 1.29 is 4.79 Å². The smallest absolute Gasteiger partial charge is 0.141 e. The summed E-state index contributed by atoms with van der Waals surface area (Å²) in [5.74, 6) is 0.250. The molecule has 0 radical (unpaired) electrons. The minimum atomic E-state index is 0.250. The number of hydrogen-bond donors (Lipinski definition) is 0. The molecular formula is C21H18OS.